The maximum absolute atomic E-state index is 9.01. The van der Waals surface area contributed by atoms with Crippen LogP contribution in [-0.2, 0) is 0 Å². The van der Waals surface area contributed by atoms with Crippen molar-refractivity contribution in [2.24, 2.45) is 0 Å². The van der Waals surface area contributed by atoms with Crippen molar-refractivity contribution in [2.75, 3.05) is 24.5 Å². The van der Waals surface area contributed by atoms with Crippen molar-refractivity contribution >= 4 is 5.69 Å². The number of nitriles is 1. The average molecular weight is 257 g/mol. The van der Waals surface area contributed by atoms with Crippen LogP contribution in [0.15, 0.2) is 24.3 Å². The minimum atomic E-state index is 0.589. The zero-order valence-electron chi connectivity index (χ0n) is 11.7. The Balaban J connectivity index is 2.07. The highest BCUT2D eigenvalue weighted by Gasteiger charge is 2.16. The number of rotatable bonds is 5. The van der Waals surface area contributed by atoms with Gasteiger partial charge in [0.25, 0.3) is 0 Å². The van der Waals surface area contributed by atoms with E-state index in [2.05, 4.69) is 29.3 Å². The van der Waals surface area contributed by atoms with Crippen LogP contribution in [0.2, 0.25) is 0 Å². The topological polar surface area (TPSA) is 39.1 Å². The highest BCUT2D eigenvalue weighted by atomic mass is 15.2. The van der Waals surface area contributed by atoms with E-state index in [-0.39, 0.29) is 0 Å². The first kappa shape index (κ1) is 13.9. The van der Waals surface area contributed by atoms with Crippen LogP contribution in [0.3, 0.4) is 0 Å². The van der Waals surface area contributed by atoms with Crippen LogP contribution in [0, 0.1) is 11.3 Å². The van der Waals surface area contributed by atoms with Crippen LogP contribution in [0.4, 0.5) is 5.69 Å². The molecule has 1 aromatic rings. The number of nitrogens with zero attached hydrogens (tertiary/aromatic N) is 2. The first-order valence-corrected chi connectivity index (χ1v) is 7.32. The largest absolute Gasteiger partial charge is 0.370 e. The third-order valence-electron chi connectivity index (χ3n) is 3.69. The average Bonchev–Trinajstić information content (AvgIpc) is 2.48. The van der Waals surface area contributed by atoms with Gasteiger partial charge in [0.15, 0.2) is 0 Å². The molecule has 1 atom stereocenters. The van der Waals surface area contributed by atoms with Gasteiger partial charge in [-0.25, -0.2) is 0 Å². The summed E-state index contributed by atoms with van der Waals surface area (Å²) in [7, 11) is 0. The molecule has 1 aliphatic heterocycles. The Morgan fingerprint density at radius 3 is 3.00 bits per heavy atom. The van der Waals surface area contributed by atoms with Crippen LogP contribution in [0.25, 0.3) is 0 Å². The highest BCUT2D eigenvalue weighted by Crippen LogP contribution is 2.18. The van der Waals surface area contributed by atoms with Crippen molar-refractivity contribution in [2.45, 2.75) is 38.6 Å². The Morgan fingerprint density at radius 2 is 2.32 bits per heavy atom. The second-order valence-corrected chi connectivity index (χ2v) is 5.25. The van der Waals surface area contributed by atoms with Crippen molar-refractivity contribution in [1.29, 1.82) is 5.26 Å². The number of hydrogen-bond donors (Lipinski definition) is 1. The first-order valence-electron chi connectivity index (χ1n) is 7.32. The van der Waals surface area contributed by atoms with Gasteiger partial charge in [-0.1, -0.05) is 19.4 Å². The Kier molecular flexibility index (Phi) is 5.23. The van der Waals surface area contributed by atoms with E-state index in [4.69, 9.17) is 5.26 Å². The van der Waals surface area contributed by atoms with Gasteiger partial charge in [0.2, 0.25) is 0 Å². The molecule has 2 rings (SSSR count). The summed E-state index contributed by atoms with van der Waals surface area (Å²) in [5, 5.41) is 12.6. The van der Waals surface area contributed by atoms with Gasteiger partial charge in [0.1, 0.15) is 0 Å². The third-order valence-corrected chi connectivity index (χ3v) is 3.69. The Morgan fingerprint density at radius 1 is 1.42 bits per heavy atom. The predicted octanol–water partition coefficient (Wildman–Crippen LogP) is 2.92. The standard InChI is InChI=1S/C16H23N3/c1-2-10-19(13-15-7-3-4-9-18-15)16-8-5-6-14(11-16)12-17/h5-6,8,11,15,18H,2-4,7,9-10,13H2,1H3. The van der Waals surface area contributed by atoms with Gasteiger partial charge in [0.05, 0.1) is 11.6 Å². The molecule has 0 radical (unpaired) electrons. The molecule has 0 saturated carbocycles. The molecule has 0 aliphatic carbocycles. The zero-order chi connectivity index (χ0) is 13.5. The Bertz CT molecular complexity index is 430. The van der Waals surface area contributed by atoms with Gasteiger partial charge in [-0.15, -0.1) is 0 Å². The maximum atomic E-state index is 9.01. The fourth-order valence-corrected chi connectivity index (χ4v) is 2.71. The van der Waals surface area contributed by atoms with Gasteiger partial charge in [-0.2, -0.15) is 5.26 Å². The molecule has 0 amide bonds. The van der Waals surface area contributed by atoms with Gasteiger partial charge in [-0.3, -0.25) is 0 Å². The van der Waals surface area contributed by atoms with E-state index in [1.807, 2.05) is 18.2 Å². The van der Waals surface area contributed by atoms with E-state index in [0.29, 0.717) is 6.04 Å². The fourth-order valence-electron chi connectivity index (χ4n) is 2.71. The van der Waals surface area contributed by atoms with Gasteiger partial charge in [-0.05, 0) is 44.0 Å². The molecule has 1 aliphatic rings. The summed E-state index contributed by atoms with van der Waals surface area (Å²) >= 11 is 0. The van der Waals surface area contributed by atoms with Crippen LogP contribution in [0.1, 0.15) is 38.2 Å². The summed E-state index contributed by atoms with van der Waals surface area (Å²) in [6.45, 7) is 5.44. The lowest BCUT2D eigenvalue weighted by Gasteiger charge is -2.32. The number of hydrogen-bond acceptors (Lipinski definition) is 3. The van der Waals surface area contributed by atoms with Crippen molar-refractivity contribution in [1.82, 2.24) is 5.32 Å². The molecule has 1 heterocycles. The first-order chi connectivity index (χ1) is 9.33. The van der Waals surface area contributed by atoms with Crippen molar-refractivity contribution in [3.8, 4) is 6.07 Å². The quantitative estimate of drug-likeness (QED) is 0.881. The van der Waals surface area contributed by atoms with Gasteiger partial charge < -0.3 is 10.2 Å². The lowest BCUT2D eigenvalue weighted by Crippen LogP contribution is -2.44. The van der Waals surface area contributed by atoms with Gasteiger partial charge in [0, 0.05) is 24.8 Å². The fraction of sp³-hybridized carbons (Fsp3) is 0.562. The second-order valence-electron chi connectivity index (χ2n) is 5.25. The molecule has 1 aromatic carbocycles. The van der Waals surface area contributed by atoms with E-state index in [9.17, 15) is 0 Å². The van der Waals surface area contributed by atoms with Crippen LogP contribution < -0.4 is 10.2 Å². The van der Waals surface area contributed by atoms with Crippen molar-refractivity contribution in [3.05, 3.63) is 29.8 Å². The number of benzene rings is 1. The minimum Gasteiger partial charge on any atom is -0.370 e. The number of anilines is 1. The monoisotopic (exact) mass is 257 g/mol. The molecule has 1 fully saturated rings. The lowest BCUT2D eigenvalue weighted by atomic mass is 10.0. The Labute approximate surface area is 116 Å². The molecule has 3 heteroatoms. The van der Waals surface area contributed by atoms with Gasteiger partial charge >= 0.3 is 0 Å². The second kappa shape index (κ2) is 7.16. The normalized spacial score (nSPS) is 18.8. The smallest absolute Gasteiger partial charge is 0.0992 e. The molecule has 0 bridgehead atoms. The molecular formula is C16H23N3. The number of nitrogens with one attached hydrogen (secondary N) is 1. The molecule has 19 heavy (non-hydrogen) atoms. The zero-order valence-corrected chi connectivity index (χ0v) is 11.7. The maximum Gasteiger partial charge on any atom is 0.0992 e. The molecular weight excluding hydrogens is 234 g/mol. The molecule has 1 saturated heterocycles. The van der Waals surface area contributed by atoms with Crippen molar-refractivity contribution in [3.63, 3.8) is 0 Å². The van der Waals surface area contributed by atoms with Crippen molar-refractivity contribution < 1.29 is 0 Å². The third kappa shape index (κ3) is 3.97. The summed E-state index contributed by atoms with van der Waals surface area (Å²) in [5.74, 6) is 0. The van der Waals surface area contributed by atoms with E-state index in [1.54, 1.807) is 0 Å². The van der Waals surface area contributed by atoms with E-state index < -0.39 is 0 Å². The number of piperidine rings is 1. The van der Waals surface area contributed by atoms with E-state index in [1.165, 1.54) is 24.9 Å². The van der Waals surface area contributed by atoms with Crippen LogP contribution in [-0.4, -0.2) is 25.7 Å². The van der Waals surface area contributed by atoms with Crippen LogP contribution in [0.5, 0.6) is 0 Å². The molecule has 0 aromatic heterocycles. The highest BCUT2D eigenvalue weighted by molar-refractivity contribution is 5.51. The lowest BCUT2D eigenvalue weighted by molar-refractivity contribution is 0.399. The molecule has 102 valence electrons. The van der Waals surface area contributed by atoms with E-state index in [0.717, 1.165) is 31.6 Å². The summed E-state index contributed by atoms with van der Waals surface area (Å²) in [5.41, 5.74) is 1.92. The SMILES string of the molecule is CCCN(CC1CCCCN1)c1cccc(C#N)c1. The Hall–Kier alpha value is -1.53. The minimum absolute atomic E-state index is 0.589. The molecule has 0 spiro atoms. The predicted molar refractivity (Wildman–Crippen MR) is 79.3 cm³/mol. The van der Waals surface area contributed by atoms with Crippen LogP contribution >= 0.6 is 0 Å². The molecule has 1 unspecified atom stereocenters. The molecule has 1 N–H and O–H groups in total. The molecule has 3 nitrogen and oxygen atoms in total. The van der Waals surface area contributed by atoms with E-state index >= 15 is 0 Å². The summed E-state index contributed by atoms with van der Waals surface area (Å²) in [6, 6.07) is 10.8. The summed E-state index contributed by atoms with van der Waals surface area (Å²) < 4.78 is 0. The summed E-state index contributed by atoms with van der Waals surface area (Å²) in [4.78, 5) is 2.41. The summed E-state index contributed by atoms with van der Waals surface area (Å²) in [6.07, 6.45) is 5.02.